The number of benzene rings is 2. The van der Waals surface area contributed by atoms with Crippen molar-refractivity contribution in [1.29, 1.82) is 0 Å². The molecule has 0 aromatic heterocycles. The maximum atomic E-state index is 12.2. The summed E-state index contributed by atoms with van der Waals surface area (Å²) in [7, 11) is 0. The van der Waals surface area contributed by atoms with Gasteiger partial charge in [0.05, 0.1) is 12.1 Å². The van der Waals surface area contributed by atoms with Crippen molar-refractivity contribution in [3.05, 3.63) is 66.2 Å². The lowest BCUT2D eigenvalue weighted by Crippen LogP contribution is -2.48. The van der Waals surface area contributed by atoms with Crippen LogP contribution in [0, 0.1) is 0 Å². The van der Waals surface area contributed by atoms with E-state index < -0.39 is 5.60 Å². The molecule has 2 aromatic rings. The zero-order valence-corrected chi connectivity index (χ0v) is 15.5. The van der Waals surface area contributed by atoms with Gasteiger partial charge in [-0.2, -0.15) is 0 Å². The molecule has 1 unspecified atom stereocenters. The van der Waals surface area contributed by atoms with Crippen molar-refractivity contribution in [2.45, 2.75) is 31.0 Å². The molecular weight excluding hydrogens is 340 g/mol. The van der Waals surface area contributed by atoms with E-state index in [-0.39, 0.29) is 12.2 Å². The number of anilines is 1. The maximum absolute atomic E-state index is 12.2. The number of aliphatic hydroxyl groups is 1. The van der Waals surface area contributed by atoms with Gasteiger partial charge in [0.15, 0.2) is 0 Å². The van der Waals surface area contributed by atoms with Gasteiger partial charge >= 0.3 is 6.09 Å². The molecule has 1 atom stereocenters. The van der Waals surface area contributed by atoms with E-state index in [1.54, 1.807) is 4.90 Å². The predicted octanol–water partition coefficient (Wildman–Crippen LogP) is 3.08. The van der Waals surface area contributed by atoms with E-state index in [1.807, 2.05) is 48.5 Å². The number of nitrogens with zero attached hydrogens (tertiary/aromatic N) is 2. The highest BCUT2D eigenvalue weighted by atomic mass is 16.6. The van der Waals surface area contributed by atoms with Crippen molar-refractivity contribution in [3.63, 3.8) is 0 Å². The number of cyclic esters (lactones) is 1. The number of amides is 1. The van der Waals surface area contributed by atoms with Crippen molar-refractivity contribution in [2.24, 2.45) is 0 Å². The first-order chi connectivity index (χ1) is 13.1. The fraction of sp³-hybridized carbons (Fsp3) is 0.409. The number of carbonyl (C=O) groups is 1. The lowest BCUT2D eigenvalue weighted by molar-refractivity contribution is -0.0274. The summed E-state index contributed by atoms with van der Waals surface area (Å²) in [6.07, 6.45) is 1.78. The lowest BCUT2D eigenvalue weighted by Gasteiger charge is -2.38. The van der Waals surface area contributed by atoms with Crippen LogP contribution in [0.3, 0.4) is 0 Å². The number of piperidine rings is 1. The van der Waals surface area contributed by atoms with Crippen molar-refractivity contribution < 1.29 is 14.6 Å². The fourth-order valence-electron chi connectivity index (χ4n) is 4.03. The number of rotatable bonds is 5. The standard InChI is InChI=1S/C22H26N2O3/c25-21-24(19-9-5-2-6-10-19)17-20(27-21)16-23-13-11-22(26,12-14-23)15-18-7-3-1-4-8-18/h1-10,20,26H,11-17H2. The molecule has 0 bridgehead atoms. The number of hydrogen-bond donors (Lipinski definition) is 1. The molecule has 2 aromatic carbocycles. The average Bonchev–Trinajstić information content (AvgIpc) is 3.05. The first kappa shape index (κ1) is 18.0. The Kier molecular flexibility index (Phi) is 5.14. The molecule has 2 aliphatic heterocycles. The Bertz CT molecular complexity index is 758. The summed E-state index contributed by atoms with van der Waals surface area (Å²) >= 11 is 0. The zero-order valence-electron chi connectivity index (χ0n) is 15.5. The van der Waals surface area contributed by atoms with Gasteiger partial charge in [-0.1, -0.05) is 48.5 Å². The topological polar surface area (TPSA) is 53.0 Å². The third kappa shape index (κ3) is 4.31. The fourth-order valence-corrected chi connectivity index (χ4v) is 4.03. The molecule has 142 valence electrons. The minimum Gasteiger partial charge on any atom is -0.443 e. The number of para-hydroxylation sites is 1. The summed E-state index contributed by atoms with van der Waals surface area (Å²) in [5.74, 6) is 0. The van der Waals surface area contributed by atoms with Crippen LogP contribution in [0.2, 0.25) is 0 Å². The molecule has 0 spiro atoms. The molecule has 0 radical (unpaired) electrons. The predicted molar refractivity (Wildman–Crippen MR) is 105 cm³/mol. The maximum Gasteiger partial charge on any atom is 0.414 e. The second-order valence-corrected chi connectivity index (χ2v) is 7.64. The van der Waals surface area contributed by atoms with Gasteiger partial charge in [0.25, 0.3) is 0 Å². The smallest absolute Gasteiger partial charge is 0.414 e. The van der Waals surface area contributed by atoms with Crippen molar-refractivity contribution in [2.75, 3.05) is 31.1 Å². The molecular formula is C22H26N2O3. The third-order valence-corrected chi connectivity index (χ3v) is 5.57. The Morgan fingerprint density at radius 3 is 2.30 bits per heavy atom. The van der Waals surface area contributed by atoms with Crippen LogP contribution in [0.15, 0.2) is 60.7 Å². The molecule has 2 aliphatic rings. The van der Waals surface area contributed by atoms with E-state index in [1.165, 1.54) is 5.56 Å². The zero-order chi connectivity index (χ0) is 18.7. The van der Waals surface area contributed by atoms with Crippen LogP contribution in [0.25, 0.3) is 0 Å². The monoisotopic (exact) mass is 366 g/mol. The molecule has 2 saturated heterocycles. The first-order valence-corrected chi connectivity index (χ1v) is 9.63. The minimum absolute atomic E-state index is 0.127. The summed E-state index contributed by atoms with van der Waals surface area (Å²) in [6.45, 7) is 2.94. The molecule has 4 rings (SSSR count). The summed E-state index contributed by atoms with van der Waals surface area (Å²) in [5, 5.41) is 10.9. The Hall–Kier alpha value is -2.37. The highest BCUT2D eigenvalue weighted by Gasteiger charge is 2.37. The van der Waals surface area contributed by atoms with Crippen LogP contribution in [0.5, 0.6) is 0 Å². The molecule has 1 N–H and O–H groups in total. The summed E-state index contributed by atoms with van der Waals surface area (Å²) < 4.78 is 5.56. The second kappa shape index (κ2) is 7.71. The molecule has 2 fully saturated rings. The number of carbonyl (C=O) groups excluding carboxylic acids is 1. The molecule has 27 heavy (non-hydrogen) atoms. The Balaban J connectivity index is 1.29. The van der Waals surface area contributed by atoms with E-state index in [2.05, 4.69) is 17.0 Å². The van der Waals surface area contributed by atoms with Crippen molar-refractivity contribution in [3.8, 4) is 0 Å². The van der Waals surface area contributed by atoms with Gasteiger partial charge in [0, 0.05) is 31.7 Å². The first-order valence-electron chi connectivity index (χ1n) is 9.63. The van der Waals surface area contributed by atoms with Crippen LogP contribution >= 0.6 is 0 Å². The minimum atomic E-state index is -0.639. The van der Waals surface area contributed by atoms with Gasteiger partial charge in [-0.25, -0.2) is 4.79 Å². The normalized spacial score (nSPS) is 22.6. The molecule has 0 aliphatic carbocycles. The number of hydrogen-bond acceptors (Lipinski definition) is 4. The van der Waals surface area contributed by atoms with Crippen LogP contribution in [-0.4, -0.2) is 54.0 Å². The van der Waals surface area contributed by atoms with Crippen LogP contribution in [-0.2, 0) is 11.2 Å². The highest BCUT2D eigenvalue weighted by Crippen LogP contribution is 2.28. The summed E-state index contributed by atoms with van der Waals surface area (Å²) in [4.78, 5) is 16.2. The number of ether oxygens (including phenoxy) is 1. The van der Waals surface area contributed by atoms with E-state index in [9.17, 15) is 9.90 Å². The summed E-state index contributed by atoms with van der Waals surface area (Å²) in [6, 6.07) is 19.8. The SMILES string of the molecule is O=C1OC(CN2CCC(O)(Cc3ccccc3)CC2)CN1c1ccccc1. The van der Waals surface area contributed by atoms with Crippen LogP contribution in [0.4, 0.5) is 10.5 Å². The van der Waals surface area contributed by atoms with E-state index in [0.717, 1.165) is 38.2 Å². The molecule has 1 amide bonds. The Labute approximate surface area is 160 Å². The van der Waals surface area contributed by atoms with E-state index in [0.29, 0.717) is 13.0 Å². The van der Waals surface area contributed by atoms with E-state index >= 15 is 0 Å². The molecule has 0 saturated carbocycles. The van der Waals surface area contributed by atoms with Gasteiger partial charge in [-0.05, 0) is 30.5 Å². The van der Waals surface area contributed by atoms with Crippen LogP contribution < -0.4 is 4.90 Å². The Morgan fingerprint density at radius 2 is 1.63 bits per heavy atom. The largest absolute Gasteiger partial charge is 0.443 e. The van der Waals surface area contributed by atoms with Gasteiger partial charge in [-0.15, -0.1) is 0 Å². The molecule has 5 heteroatoms. The van der Waals surface area contributed by atoms with Gasteiger partial charge in [0.2, 0.25) is 0 Å². The Morgan fingerprint density at radius 1 is 1.00 bits per heavy atom. The quantitative estimate of drug-likeness (QED) is 0.884. The number of likely N-dealkylation sites (tertiary alicyclic amines) is 1. The van der Waals surface area contributed by atoms with Crippen molar-refractivity contribution in [1.82, 2.24) is 4.90 Å². The average molecular weight is 366 g/mol. The third-order valence-electron chi connectivity index (χ3n) is 5.57. The van der Waals surface area contributed by atoms with Gasteiger partial charge < -0.3 is 9.84 Å². The second-order valence-electron chi connectivity index (χ2n) is 7.64. The lowest BCUT2D eigenvalue weighted by atomic mass is 9.85. The van der Waals surface area contributed by atoms with Crippen LogP contribution in [0.1, 0.15) is 18.4 Å². The molecule has 2 heterocycles. The highest BCUT2D eigenvalue weighted by molar-refractivity contribution is 5.89. The van der Waals surface area contributed by atoms with Gasteiger partial charge in [0.1, 0.15) is 6.10 Å². The summed E-state index contributed by atoms with van der Waals surface area (Å²) in [5.41, 5.74) is 1.41. The van der Waals surface area contributed by atoms with Crippen molar-refractivity contribution >= 4 is 11.8 Å². The van der Waals surface area contributed by atoms with Gasteiger partial charge in [-0.3, -0.25) is 9.80 Å². The molecule has 5 nitrogen and oxygen atoms in total. The van der Waals surface area contributed by atoms with E-state index in [4.69, 9.17) is 4.74 Å².